The second-order valence-corrected chi connectivity index (χ2v) is 7.11. The maximum atomic E-state index is 11.6. The van der Waals surface area contributed by atoms with Gasteiger partial charge in [0.1, 0.15) is 0 Å². The maximum Gasteiger partial charge on any atom is 0.156 e. The van der Waals surface area contributed by atoms with Gasteiger partial charge in [-0.2, -0.15) is 0 Å². The minimum absolute atomic E-state index is 0.135. The Morgan fingerprint density at radius 2 is 2.19 bits per heavy atom. The molecule has 0 radical (unpaired) electrons. The molecule has 1 aromatic rings. The molecule has 1 aliphatic carbocycles. The summed E-state index contributed by atoms with van der Waals surface area (Å²) >= 11 is 5.20. The Hall–Kier alpha value is -0.410. The summed E-state index contributed by atoms with van der Waals surface area (Å²) in [7, 11) is 0. The summed E-state index contributed by atoms with van der Waals surface area (Å²) < 4.78 is 1.13. The lowest BCUT2D eigenvalue weighted by molar-refractivity contribution is -0.117. The molecule has 16 heavy (non-hydrogen) atoms. The zero-order chi connectivity index (χ0) is 11.8. The van der Waals surface area contributed by atoms with Crippen LogP contribution in [0.5, 0.6) is 0 Å². The van der Waals surface area contributed by atoms with Crippen LogP contribution in [0.4, 0.5) is 0 Å². The van der Waals surface area contributed by atoms with Crippen LogP contribution in [0.15, 0.2) is 27.6 Å². The molecule has 0 atom stereocenters. The van der Waals surface area contributed by atoms with E-state index in [9.17, 15) is 4.79 Å². The van der Waals surface area contributed by atoms with Crippen molar-refractivity contribution in [1.82, 2.24) is 0 Å². The van der Waals surface area contributed by atoms with Crippen LogP contribution in [-0.4, -0.2) is 5.78 Å². The minimum atomic E-state index is 0.135. The van der Waals surface area contributed by atoms with Gasteiger partial charge < -0.3 is 0 Å². The predicted octanol–water partition coefficient (Wildman–Crippen LogP) is 4.37. The van der Waals surface area contributed by atoms with E-state index in [2.05, 4.69) is 41.2 Å². The van der Waals surface area contributed by atoms with Crippen molar-refractivity contribution < 1.29 is 4.79 Å². The Bertz CT molecular complexity index is 443. The summed E-state index contributed by atoms with van der Waals surface area (Å²) in [5, 5.41) is 2.09. The van der Waals surface area contributed by atoms with Crippen LogP contribution in [-0.2, 0) is 11.2 Å². The summed E-state index contributed by atoms with van der Waals surface area (Å²) in [4.78, 5) is 12.9. The lowest BCUT2D eigenvalue weighted by Crippen LogP contribution is -2.22. The average molecular weight is 299 g/mol. The molecular formula is C13H15BrOS. The molecule has 0 saturated heterocycles. The molecule has 2 rings (SSSR count). The zero-order valence-corrected chi connectivity index (χ0v) is 12.0. The number of allylic oxidation sites excluding steroid dienone is 2. The van der Waals surface area contributed by atoms with E-state index in [1.807, 2.05) is 6.08 Å². The highest BCUT2D eigenvalue weighted by Crippen LogP contribution is 2.35. The molecule has 1 nitrogen and oxygen atoms in total. The molecule has 0 fully saturated rings. The van der Waals surface area contributed by atoms with Crippen LogP contribution >= 0.6 is 27.3 Å². The lowest BCUT2D eigenvalue weighted by Gasteiger charge is -2.28. The Balaban J connectivity index is 2.13. The Morgan fingerprint density at radius 1 is 1.44 bits per heavy atom. The molecule has 0 spiro atoms. The van der Waals surface area contributed by atoms with Gasteiger partial charge in [-0.15, -0.1) is 11.3 Å². The number of hydrogen-bond donors (Lipinski definition) is 0. The fourth-order valence-electron chi connectivity index (χ4n) is 2.26. The van der Waals surface area contributed by atoms with Gasteiger partial charge in [-0.1, -0.05) is 19.4 Å². The van der Waals surface area contributed by atoms with E-state index in [4.69, 9.17) is 0 Å². The Morgan fingerprint density at radius 3 is 2.75 bits per heavy atom. The van der Waals surface area contributed by atoms with E-state index in [-0.39, 0.29) is 11.2 Å². The molecule has 1 aromatic heterocycles. The number of rotatable bonds is 2. The molecule has 0 bridgehead atoms. The molecule has 86 valence electrons. The monoisotopic (exact) mass is 298 g/mol. The molecule has 0 aromatic carbocycles. The van der Waals surface area contributed by atoms with E-state index in [1.165, 1.54) is 10.5 Å². The van der Waals surface area contributed by atoms with Gasteiger partial charge in [-0.3, -0.25) is 4.79 Å². The van der Waals surface area contributed by atoms with Crippen molar-refractivity contribution in [2.45, 2.75) is 33.1 Å². The van der Waals surface area contributed by atoms with Gasteiger partial charge in [-0.05, 0) is 39.9 Å². The molecule has 1 heterocycles. The summed E-state index contributed by atoms with van der Waals surface area (Å²) in [6.07, 6.45) is 4.49. The molecule has 0 unspecified atom stereocenters. The van der Waals surface area contributed by atoms with E-state index < -0.39 is 0 Å². The SMILES string of the molecule is CC1(C)CC(=O)C=C(Cc2cc(Br)cs2)C1. The van der Waals surface area contributed by atoms with Crippen LogP contribution in [0.3, 0.4) is 0 Å². The molecule has 1 aliphatic rings. The van der Waals surface area contributed by atoms with Gasteiger partial charge in [0, 0.05) is 27.6 Å². The van der Waals surface area contributed by atoms with Crippen molar-refractivity contribution in [3.8, 4) is 0 Å². The van der Waals surface area contributed by atoms with Crippen LogP contribution in [0.1, 0.15) is 31.6 Å². The van der Waals surface area contributed by atoms with Crippen LogP contribution in [0.2, 0.25) is 0 Å². The van der Waals surface area contributed by atoms with Crippen molar-refractivity contribution >= 4 is 33.0 Å². The normalized spacial score (nSPS) is 19.7. The summed E-state index contributed by atoms with van der Waals surface area (Å²) in [6, 6.07) is 2.14. The fraction of sp³-hybridized carbons (Fsp3) is 0.462. The number of halogens is 1. The van der Waals surface area contributed by atoms with E-state index >= 15 is 0 Å². The predicted molar refractivity (Wildman–Crippen MR) is 71.8 cm³/mol. The standard InChI is InChI=1S/C13H15BrOS/c1-13(2)6-9(3-11(15)7-13)4-12-5-10(14)8-16-12/h3,5,8H,4,6-7H2,1-2H3. The van der Waals surface area contributed by atoms with Gasteiger partial charge in [-0.25, -0.2) is 0 Å². The largest absolute Gasteiger partial charge is 0.295 e. The van der Waals surface area contributed by atoms with E-state index in [1.54, 1.807) is 11.3 Å². The summed E-state index contributed by atoms with van der Waals surface area (Å²) in [6.45, 7) is 4.34. The number of thiophene rings is 1. The Labute approximate surface area is 109 Å². The summed E-state index contributed by atoms with van der Waals surface area (Å²) in [5.41, 5.74) is 1.41. The molecule has 3 heteroatoms. The second-order valence-electron chi connectivity index (χ2n) is 5.19. The second kappa shape index (κ2) is 4.46. The van der Waals surface area contributed by atoms with Gasteiger partial charge in [0.15, 0.2) is 5.78 Å². The van der Waals surface area contributed by atoms with Crippen molar-refractivity contribution in [2.75, 3.05) is 0 Å². The first kappa shape index (κ1) is 12.1. The summed E-state index contributed by atoms with van der Waals surface area (Å²) in [5.74, 6) is 0.280. The quantitative estimate of drug-likeness (QED) is 0.792. The van der Waals surface area contributed by atoms with Crippen molar-refractivity contribution in [1.29, 1.82) is 0 Å². The fourth-order valence-corrected chi connectivity index (χ4v) is 3.77. The first-order chi connectivity index (χ1) is 7.44. The van der Waals surface area contributed by atoms with Gasteiger partial charge >= 0.3 is 0 Å². The average Bonchev–Trinajstić information content (AvgIpc) is 2.46. The number of ketones is 1. The van der Waals surface area contributed by atoms with Gasteiger partial charge in [0.05, 0.1) is 0 Å². The van der Waals surface area contributed by atoms with Crippen molar-refractivity contribution in [2.24, 2.45) is 5.41 Å². The lowest BCUT2D eigenvalue weighted by atomic mass is 9.76. The highest BCUT2D eigenvalue weighted by Gasteiger charge is 2.27. The van der Waals surface area contributed by atoms with Gasteiger partial charge in [0.2, 0.25) is 0 Å². The van der Waals surface area contributed by atoms with Gasteiger partial charge in [0.25, 0.3) is 0 Å². The topological polar surface area (TPSA) is 17.1 Å². The molecule has 0 saturated carbocycles. The first-order valence-corrected chi connectivity index (χ1v) is 7.07. The third-order valence-electron chi connectivity index (χ3n) is 2.75. The molecule has 0 aliphatic heterocycles. The highest BCUT2D eigenvalue weighted by atomic mass is 79.9. The molecular weight excluding hydrogens is 284 g/mol. The molecule has 0 N–H and O–H groups in total. The minimum Gasteiger partial charge on any atom is -0.295 e. The maximum absolute atomic E-state index is 11.6. The van der Waals surface area contributed by atoms with Crippen LogP contribution in [0, 0.1) is 5.41 Å². The number of carbonyl (C=O) groups excluding carboxylic acids is 1. The number of carbonyl (C=O) groups is 1. The van der Waals surface area contributed by atoms with Crippen molar-refractivity contribution in [3.63, 3.8) is 0 Å². The number of hydrogen-bond acceptors (Lipinski definition) is 2. The van der Waals surface area contributed by atoms with Crippen LogP contribution in [0.25, 0.3) is 0 Å². The zero-order valence-electron chi connectivity index (χ0n) is 9.55. The third-order valence-corrected chi connectivity index (χ3v) is 4.44. The van der Waals surface area contributed by atoms with Crippen molar-refractivity contribution in [3.05, 3.63) is 32.4 Å². The smallest absolute Gasteiger partial charge is 0.156 e. The molecule has 0 amide bonds. The highest BCUT2D eigenvalue weighted by molar-refractivity contribution is 9.10. The van der Waals surface area contributed by atoms with E-state index in [0.717, 1.165) is 17.3 Å². The van der Waals surface area contributed by atoms with Crippen LogP contribution < -0.4 is 0 Å². The van der Waals surface area contributed by atoms with E-state index in [0.29, 0.717) is 6.42 Å². The first-order valence-electron chi connectivity index (χ1n) is 5.40. The third kappa shape index (κ3) is 3.05. The Kier molecular flexibility index (Phi) is 3.36.